The zero-order chi connectivity index (χ0) is 14.8. The molecule has 3 aromatic rings. The molecule has 0 spiro atoms. The SMILES string of the molecule is Cn1/c(=N\N=C\c2cc(Br)ccc2O)sc2ccccc21. The third kappa shape index (κ3) is 2.91. The van der Waals surface area contributed by atoms with E-state index in [0.29, 0.717) is 5.56 Å². The number of aryl methyl sites for hydroxylation is 1. The summed E-state index contributed by atoms with van der Waals surface area (Å²) in [6, 6.07) is 13.3. The summed E-state index contributed by atoms with van der Waals surface area (Å²) in [4.78, 5) is 0.807. The first-order chi connectivity index (χ1) is 10.1. The summed E-state index contributed by atoms with van der Waals surface area (Å²) in [5.41, 5.74) is 1.75. The number of benzene rings is 2. The molecule has 6 heteroatoms. The molecular weight excluding hydrogens is 350 g/mol. The number of phenolic OH excluding ortho intramolecular Hbond substituents is 1. The first-order valence-corrected chi connectivity index (χ1v) is 7.86. The highest BCUT2D eigenvalue weighted by atomic mass is 79.9. The van der Waals surface area contributed by atoms with Crippen LogP contribution in [0, 0.1) is 0 Å². The maximum absolute atomic E-state index is 9.74. The standard InChI is InChI=1S/C15H12BrN3OS/c1-19-12-4-2-3-5-14(12)21-15(19)18-17-9-10-8-11(16)6-7-13(10)20/h2-9,20H,1H3/b17-9+,18-15+. The molecule has 0 bridgehead atoms. The first kappa shape index (κ1) is 14.0. The highest BCUT2D eigenvalue weighted by Crippen LogP contribution is 2.20. The number of hydrogen-bond donors (Lipinski definition) is 1. The van der Waals surface area contributed by atoms with Gasteiger partial charge in [0.1, 0.15) is 5.75 Å². The third-order valence-electron chi connectivity index (χ3n) is 3.04. The molecule has 0 saturated carbocycles. The Kier molecular flexibility index (Phi) is 3.90. The summed E-state index contributed by atoms with van der Waals surface area (Å²) in [5.74, 6) is 0.179. The van der Waals surface area contributed by atoms with Crippen molar-refractivity contribution in [2.75, 3.05) is 0 Å². The lowest BCUT2D eigenvalue weighted by molar-refractivity contribution is 0.474. The van der Waals surface area contributed by atoms with Gasteiger partial charge in [-0.3, -0.25) is 0 Å². The molecule has 21 heavy (non-hydrogen) atoms. The third-order valence-corrected chi connectivity index (χ3v) is 4.64. The lowest BCUT2D eigenvalue weighted by Crippen LogP contribution is -2.08. The van der Waals surface area contributed by atoms with Crippen LogP contribution in [0.15, 0.2) is 57.1 Å². The number of halogens is 1. The fourth-order valence-electron chi connectivity index (χ4n) is 1.95. The van der Waals surface area contributed by atoms with E-state index in [1.807, 2.05) is 23.7 Å². The minimum Gasteiger partial charge on any atom is -0.507 e. The van der Waals surface area contributed by atoms with Crippen molar-refractivity contribution in [3.8, 4) is 5.75 Å². The van der Waals surface area contributed by atoms with Gasteiger partial charge in [0.15, 0.2) is 0 Å². The summed E-state index contributed by atoms with van der Waals surface area (Å²) in [6.45, 7) is 0. The fraction of sp³-hybridized carbons (Fsp3) is 0.0667. The molecule has 0 fully saturated rings. The van der Waals surface area contributed by atoms with E-state index in [1.165, 1.54) is 4.70 Å². The number of rotatable bonds is 2. The minimum absolute atomic E-state index is 0.179. The van der Waals surface area contributed by atoms with Crippen molar-refractivity contribution >= 4 is 43.7 Å². The molecular formula is C15H12BrN3OS. The maximum atomic E-state index is 9.74. The van der Waals surface area contributed by atoms with Crippen LogP contribution in [-0.2, 0) is 7.05 Å². The topological polar surface area (TPSA) is 49.9 Å². The second-order valence-corrected chi connectivity index (χ2v) is 6.38. The number of hydrogen-bond acceptors (Lipinski definition) is 4. The van der Waals surface area contributed by atoms with Gasteiger partial charge >= 0.3 is 0 Å². The molecule has 4 nitrogen and oxygen atoms in total. The molecule has 0 atom stereocenters. The normalized spacial score (nSPS) is 12.6. The van der Waals surface area contributed by atoms with Crippen LogP contribution in [0.1, 0.15) is 5.56 Å². The van der Waals surface area contributed by atoms with Crippen molar-refractivity contribution in [2.24, 2.45) is 17.3 Å². The Morgan fingerprint density at radius 1 is 1.24 bits per heavy atom. The van der Waals surface area contributed by atoms with E-state index in [2.05, 4.69) is 38.3 Å². The van der Waals surface area contributed by atoms with Gasteiger partial charge in [-0.1, -0.05) is 39.4 Å². The number of fused-ring (bicyclic) bond motifs is 1. The Labute approximate surface area is 133 Å². The highest BCUT2D eigenvalue weighted by Gasteiger charge is 2.01. The summed E-state index contributed by atoms with van der Waals surface area (Å²) in [6.07, 6.45) is 1.55. The summed E-state index contributed by atoms with van der Waals surface area (Å²) in [5, 5.41) is 18.1. The number of aromatic hydroxyl groups is 1. The summed E-state index contributed by atoms with van der Waals surface area (Å²) in [7, 11) is 1.96. The van der Waals surface area contributed by atoms with Crippen LogP contribution in [0.5, 0.6) is 5.75 Å². The lowest BCUT2D eigenvalue weighted by atomic mass is 10.2. The van der Waals surface area contributed by atoms with Gasteiger partial charge < -0.3 is 9.67 Å². The van der Waals surface area contributed by atoms with Crippen LogP contribution in [0.3, 0.4) is 0 Å². The second-order valence-electron chi connectivity index (χ2n) is 4.46. The lowest BCUT2D eigenvalue weighted by Gasteiger charge is -1.97. The number of para-hydroxylation sites is 1. The van der Waals surface area contributed by atoms with Crippen molar-refractivity contribution < 1.29 is 5.11 Å². The van der Waals surface area contributed by atoms with Crippen molar-refractivity contribution in [2.45, 2.75) is 0 Å². The minimum atomic E-state index is 0.179. The van der Waals surface area contributed by atoms with Gasteiger partial charge in [0.2, 0.25) is 4.80 Å². The number of phenols is 1. The van der Waals surface area contributed by atoms with Crippen LogP contribution in [0.4, 0.5) is 0 Å². The largest absolute Gasteiger partial charge is 0.507 e. The summed E-state index contributed by atoms with van der Waals surface area (Å²) >= 11 is 4.94. The van der Waals surface area contributed by atoms with E-state index < -0.39 is 0 Å². The van der Waals surface area contributed by atoms with Crippen LogP contribution in [0.2, 0.25) is 0 Å². The van der Waals surface area contributed by atoms with E-state index in [0.717, 1.165) is 14.8 Å². The molecule has 1 aromatic heterocycles. The molecule has 1 N–H and O–H groups in total. The molecule has 3 rings (SSSR count). The second kappa shape index (κ2) is 5.83. The van der Waals surface area contributed by atoms with E-state index >= 15 is 0 Å². The Morgan fingerprint density at radius 3 is 2.86 bits per heavy atom. The number of thiazole rings is 1. The van der Waals surface area contributed by atoms with Gasteiger partial charge in [-0.25, -0.2) is 0 Å². The molecule has 0 aliphatic rings. The highest BCUT2D eigenvalue weighted by molar-refractivity contribution is 9.10. The van der Waals surface area contributed by atoms with E-state index in [9.17, 15) is 5.11 Å². The molecule has 0 saturated heterocycles. The van der Waals surface area contributed by atoms with Crippen molar-refractivity contribution in [1.82, 2.24) is 4.57 Å². The first-order valence-electron chi connectivity index (χ1n) is 6.25. The molecule has 0 radical (unpaired) electrons. The number of nitrogens with zero attached hydrogens (tertiary/aromatic N) is 3. The average molecular weight is 362 g/mol. The average Bonchev–Trinajstić information content (AvgIpc) is 2.80. The van der Waals surface area contributed by atoms with Gasteiger partial charge in [0.05, 0.1) is 16.4 Å². The van der Waals surface area contributed by atoms with Crippen LogP contribution in [0.25, 0.3) is 10.2 Å². The van der Waals surface area contributed by atoms with Gasteiger partial charge in [0, 0.05) is 17.1 Å². The van der Waals surface area contributed by atoms with Gasteiger partial charge in [-0.05, 0) is 30.3 Å². The molecule has 0 unspecified atom stereocenters. The summed E-state index contributed by atoms with van der Waals surface area (Å²) < 4.78 is 4.05. The van der Waals surface area contributed by atoms with Crippen molar-refractivity contribution in [3.63, 3.8) is 0 Å². The van der Waals surface area contributed by atoms with Gasteiger partial charge in [0.25, 0.3) is 0 Å². The van der Waals surface area contributed by atoms with Crippen LogP contribution < -0.4 is 4.80 Å². The molecule has 106 valence electrons. The Bertz CT molecular complexity index is 895. The van der Waals surface area contributed by atoms with E-state index in [-0.39, 0.29) is 5.75 Å². The maximum Gasteiger partial charge on any atom is 0.211 e. The predicted molar refractivity (Wildman–Crippen MR) is 89.8 cm³/mol. The van der Waals surface area contributed by atoms with E-state index in [4.69, 9.17) is 0 Å². The molecule has 0 amide bonds. The molecule has 2 aromatic carbocycles. The Morgan fingerprint density at radius 2 is 2.05 bits per heavy atom. The smallest absolute Gasteiger partial charge is 0.211 e. The Hall–Kier alpha value is -1.92. The van der Waals surface area contributed by atoms with Crippen LogP contribution >= 0.6 is 27.3 Å². The monoisotopic (exact) mass is 361 g/mol. The Balaban J connectivity index is 1.99. The zero-order valence-electron chi connectivity index (χ0n) is 11.2. The van der Waals surface area contributed by atoms with Crippen molar-refractivity contribution in [1.29, 1.82) is 0 Å². The quantitative estimate of drug-likeness (QED) is 0.549. The molecule has 0 aliphatic heterocycles. The molecule has 1 heterocycles. The van der Waals surface area contributed by atoms with E-state index in [1.54, 1.807) is 35.8 Å². The fourth-order valence-corrected chi connectivity index (χ4v) is 3.30. The zero-order valence-corrected chi connectivity index (χ0v) is 13.6. The van der Waals surface area contributed by atoms with Gasteiger partial charge in [-0.15, -0.1) is 5.10 Å². The predicted octanol–water partition coefficient (Wildman–Crippen LogP) is 3.64. The molecule has 0 aliphatic carbocycles. The van der Waals surface area contributed by atoms with Gasteiger partial charge in [-0.2, -0.15) is 5.10 Å². The number of aromatic nitrogens is 1. The van der Waals surface area contributed by atoms with Crippen LogP contribution in [-0.4, -0.2) is 15.9 Å². The van der Waals surface area contributed by atoms with Crippen molar-refractivity contribution in [3.05, 3.63) is 57.3 Å².